The maximum Gasteiger partial charge on any atom is 0.261 e. The standard InChI is InChI=1S/C11H17NO2S/c1-4-9-7(2)5-10(15-9)11(14)12-8(3)6-13/h5,8,13H,4,6H2,1-3H3,(H,12,14)/t8-/m0/s1. The third-order valence-corrected chi connectivity index (χ3v) is 3.60. The van der Waals surface area contributed by atoms with E-state index in [1.165, 1.54) is 21.8 Å². The van der Waals surface area contributed by atoms with E-state index in [2.05, 4.69) is 12.2 Å². The van der Waals surface area contributed by atoms with E-state index in [1.54, 1.807) is 6.92 Å². The van der Waals surface area contributed by atoms with Crippen molar-refractivity contribution in [3.8, 4) is 0 Å². The lowest BCUT2D eigenvalue weighted by atomic mass is 10.2. The monoisotopic (exact) mass is 227 g/mol. The molecule has 1 heterocycles. The van der Waals surface area contributed by atoms with Crippen molar-refractivity contribution in [3.63, 3.8) is 0 Å². The molecular weight excluding hydrogens is 210 g/mol. The van der Waals surface area contributed by atoms with E-state index < -0.39 is 0 Å². The molecule has 3 nitrogen and oxygen atoms in total. The van der Waals surface area contributed by atoms with Gasteiger partial charge in [-0.3, -0.25) is 4.79 Å². The van der Waals surface area contributed by atoms with Crippen molar-refractivity contribution in [1.82, 2.24) is 5.32 Å². The molecule has 15 heavy (non-hydrogen) atoms. The average Bonchev–Trinajstić information content (AvgIpc) is 2.59. The Hall–Kier alpha value is -0.870. The number of aryl methyl sites for hydroxylation is 2. The van der Waals surface area contributed by atoms with Gasteiger partial charge >= 0.3 is 0 Å². The number of hydrogen-bond acceptors (Lipinski definition) is 3. The van der Waals surface area contributed by atoms with Crippen molar-refractivity contribution in [1.29, 1.82) is 0 Å². The molecule has 0 aliphatic carbocycles. The second kappa shape index (κ2) is 5.28. The van der Waals surface area contributed by atoms with Crippen LogP contribution in [0.1, 0.15) is 34.0 Å². The third-order valence-electron chi connectivity index (χ3n) is 2.22. The fourth-order valence-corrected chi connectivity index (χ4v) is 2.34. The van der Waals surface area contributed by atoms with Gasteiger partial charge in [-0.15, -0.1) is 11.3 Å². The Morgan fingerprint density at radius 3 is 2.80 bits per heavy atom. The zero-order valence-corrected chi connectivity index (χ0v) is 10.1. The first-order valence-electron chi connectivity index (χ1n) is 5.09. The lowest BCUT2D eigenvalue weighted by Crippen LogP contribution is -2.34. The van der Waals surface area contributed by atoms with Gasteiger partial charge in [0.2, 0.25) is 0 Å². The maximum absolute atomic E-state index is 11.7. The van der Waals surface area contributed by atoms with Gasteiger partial charge < -0.3 is 10.4 Å². The van der Waals surface area contributed by atoms with E-state index in [0.29, 0.717) is 0 Å². The van der Waals surface area contributed by atoms with E-state index >= 15 is 0 Å². The fraction of sp³-hybridized carbons (Fsp3) is 0.545. The molecule has 0 radical (unpaired) electrons. The quantitative estimate of drug-likeness (QED) is 0.823. The lowest BCUT2D eigenvalue weighted by Gasteiger charge is -2.08. The molecule has 2 N–H and O–H groups in total. The highest BCUT2D eigenvalue weighted by Crippen LogP contribution is 2.22. The summed E-state index contributed by atoms with van der Waals surface area (Å²) in [6, 6.07) is 1.72. The smallest absolute Gasteiger partial charge is 0.261 e. The van der Waals surface area contributed by atoms with Crippen LogP contribution in [0.3, 0.4) is 0 Å². The molecule has 84 valence electrons. The molecule has 0 aromatic carbocycles. The summed E-state index contributed by atoms with van der Waals surface area (Å²) >= 11 is 1.53. The van der Waals surface area contributed by atoms with Crippen LogP contribution in [-0.2, 0) is 6.42 Å². The van der Waals surface area contributed by atoms with Crippen LogP contribution in [-0.4, -0.2) is 23.7 Å². The van der Waals surface area contributed by atoms with Gasteiger partial charge in [0.1, 0.15) is 0 Å². The summed E-state index contributed by atoms with van der Waals surface area (Å²) in [7, 11) is 0. The highest BCUT2D eigenvalue weighted by molar-refractivity contribution is 7.14. The molecule has 0 fully saturated rings. The van der Waals surface area contributed by atoms with E-state index in [1.807, 2.05) is 13.0 Å². The molecule has 0 spiro atoms. The van der Waals surface area contributed by atoms with Crippen LogP contribution < -0.4 is 5.32 Å². The largest absolute Gasteiger partial charge is 0.394 e. The molecule has 1 amide bonds. The molecule has 0 aliphatic heterocycles. The number of aliphatic hydroxyl groups is 1. The van der Waals surface area contributed by atoms with Crippen molar-refractivity contribution in [2.75, 3.05) is 6.61 Å². The van der Waals surface area contributed by atoms with Crippen molar-refractivity contribution in [3.05, 3.63) is 21.4 Å². The van der Waals surface area contributed by atoms with Gasteiger partial charge in [-0.25, -0.2) is 0 Å². The van der Waals surface area contributed by atoms with E-state index in [9.17, 15) is 4.79 Å². The van der Waals surface area contributed by atoms with Crippen LogP contribution in [0.2, 0.25) is 0 Å². The Labute approximate surface area is 94.1 Å². The van der Waals surface area contributed by atoms with Crippen LogP contribution in [0.5, 0.6) is 0 Å². The summed E-state index contributed by atoms with van der Waals surface area (Å²) in [6.07, 6.45) is 0.958. The van der Waals surface area contributed by atoms with E-state index in [4.69, 9.17) is 5.11 Å². The first-order valence-corrected chi connectivity index (χ1v) is 5.91. The van der Waals surface area contributed by atoms with Gasteiger partial charge in [-0.1, -0.05) is 6.92 Å². The van der Waals surface area contributed by atoms with Crippen LogP contribution in [0, 0.1) is 6.92 Å². The first-order chi connectivity index (χ1) is 7.08. The van der Waals surface area contributed by atoms with Gasteiger partial charge in [0.15, 0.2) is 0 Å². The molecule has 1 atom stereocenters. The minimum atomic E-state index is -0.190. The summed E-state index contributed by atoms with van der Waals surface area (Å²) in [5, 5.41) is 11.6. The fourth-order valence-electron chi connectivity index (χ4n) is 1.32. The van der Waals surface area contributed by atoms with E-state index in [0.717, 1.165) is 11.3 Å². The summed E-state index contributed by atoms with van der Waals surface area (Å²) in [5.74, 6) is -0.0932. The molecule has 4 heteroatoms. The molecule has 1 aromatic heterocycles. The number of carbonyl (C=O) groups is 1. The number of amides is 1. The summed E-state index contributed by atoms with van der Waals surface area (Å²) in [4.78, 5) is 13.7. The van der Waals surface area contributed by atoms with E-state index in [-0.39, 0.29) is 18.6 Å². The van der Waals surface area contributed by atoms with Crippen LogP contribution in [0.15, 0.2) is 6.07 Å². The molecule has 0 saturated carbocycles. The van der Waals surface area contributed by atoms with Gasteiger partial charge in [-0.2, -0.15) is 0 Å². The minimum absolute atomic E-state index is 0.0310. The summed E-state index contributed by atoms with van der Waals surface area (Å²) in [6.45, 7) is 5.84. The normalized spacial score (nSPS) is 12.5. The number of aliphatic hydroxyl groups excluding tert-OH is 1. The topological polar surface area (TPSA) is 49.3 Å². The van der Waals surface area contributed by atoms with Crippen LogP contribution >= 0.6 is 11.3 Å². The van der Waals surface area contributed by atoms with Crippen LogP contribution in [0.25, 0.3) is 0 Å². The van der Waals surface area contributed by atoms with Crippen molar-refractivity contribution >= 4 is 17.2 Å². The number of thiophene rings is 1. The zero-order chi connectivity index (χ0) is 11.4. The first kappa shape index (κ1) is 12.2. The lowest BCUT2D eigenvalue weighted by molar-refractivity contribution is 0.0926. The second-order valence-corrected chi connectivity index (χ2v) is 4.76. The van der Waals surface area contributed by atoms with Gasteiger partial charge in [0.25, 0.3) is 5.91 Å². The van der Waals surface area contributed by atoms with Crippen molar-refractivity contribution < 1.29 is 9.90 Å². The SMILES string of the molecule is CCc1sc(C(=O)N[C@@H](C)CO)cc1C. The number of nitrogens with one attached hydrogen (secondary N) is 1. The molecule has 1 aromatic rings. The van der Waals surface area contributed by atoms with Crippen molar-refractivity contribution in [2.24, 2.45) is 0 Å². The van der Waals surface area contributed by atoms with Crippen molar-refractivity contribution in [2.45, 2.75) is 33.2 Å². The van der Waals surface area contributed by atoms with Gasteiger partial charge in [0.05, 0.1) is 11.5 Å². The summed E-state index contributed by atoms with van der Waals surface area (Å²) < 4.78 is 0. The average molecular weight is 227 g/mol. The minimum Gasteiger partial charge on any atom is -0.394 e. The Morgan fingerprint density at radius 1 is 1.67 bits per heavy atom. The Kier molecular flexibility index (Phi) is 4.29. The molecule has 0 saturated heterocycles. The van der Waals surface area contributed by atoms with Gasteiger partial charge in [-0.05, 0) is 31.9 Å². The third kappa shape index (κ3) is 3.04. The number of carbonyl (C=O) groups excluding carboxylic acids is 1. The van der Waals surface area contributed by atoms with Crippen LogP contribution in [0.4, 0.5) is 0 Å². The van der Waals surface area contributed by atoms with Gasteiger partial charge in [0, 0.05) is 10.9 Å². The number of hydrogen-bond donors (Lipinski definition) is 2. The maximum atomic E-state index is 11.7. The second-order valence-electron chi connectivity index (χ2n) is 3.63. The molecule has 0 unspecified atom stereocenters. The molecule has 0 bridgehead atoms. The predicted octanol–water partition coefficient (Wildman–Crippen LogP) is 1.73. The molecule has 1 rings (SSSR count). The zero-order valence-electron chi connectivity index (χ0n) is 9.33. The highest BCUT2D eigenvalue weighted by atomic mass is 32.1. The Morgan fingerprint density at radius 2 is 2.33 bits per heavy atom. The Balaban J connectivity index is 2.74. The molecular formula is C11H17NO2S. The summed E-state index contributed by atoms with van der Waals surface area (Å²) in [5.41, 5.74) is 1.17. The predicted molar refractivity (Wildman–Crippen MR) is 62.4 cm³/mol. The highest BCUT2D eigenvalue weighted by Gasteiger charge is 2.13. The molecule has 0 aliphatic rings. The Bertz CT molecular complexity index is 346. The number of rotatable bonds is 4.